The van der Waals surface area contributed by atoms with Gasteiger partial charge in [0.1, 0.15) is 0 Å². The average Bonchev–Trinajstić information content (AvgIpc) is 2.29. The van der Waals surface area contributed by atoms with E-state index in [1.54, 1.807) is 13.1 Å². The van der Waals surface area contributed by atoms with E-state index in [0.717, 1.165) is 16.1 Å². The molecule has 0 aliphatic heterocycles. The van der Waals surface area contributed by atoms with Crippen LogP contribution in [0, 0.1) is 0 Å². The summed E-state index contributed by atoms with van der Waals surface area (Å²) in [7, 11) is 1.54. The second kappa shape index (κ2) is 5.17. The molecule has 0 saturated heterocycles. The van der Waals surface area contributed by atoms with Gasteiger partial charge in [-0.15, -0.1) is 0 Å². The van der Waals surface area contributed by atoms with Gasteiger partial charge in [-0.3, -0.25) is 5.01 Å². The van der Waals surface area contributed by atoms with Crippen LogP contribution in [0.1, 0.15) is 11.1 Å². The lowest BCUT2D eigenvalue weighted by molar-refractivity contribution is 0.198. The Morgan fingerprint density at radius 2 is 2.13 bits per heavy atom. The van der Waals surface area contributed by atoms with Crippen molar-refractivity contribution in [2.75, 3.05) is 7.05 Å². The number of benzene rings is 1. The van der Waals surface area contributed by atoms with Gasteiger partial charge in [0, 0.05) is 7.05 Å². The van der Waals surface area contributed by atoms with Gasteiger partial charge in [-0.2, -0.15) is 0 Å². The molecule has 1 aromatic carbocycles. The average molecular weight is 205 g/mol. The predicted octanol–water partition coefficient (Wildman–Crippen LogP) is 1.34. The van der Waals surface area contributed by atoms with E-state index in [1.165, 1.54) is 0 Å². The molecule has 0 bridgehead atoms. The molecule has 0 atom stereocenters. The third-order valence-corrected chi connectivity index (χ3v) is 2.04. The molecule has 4 nitrogen and oxygen atoms in total. The second-order valence-electron chi connectivity index (χ2n) is 3.13. The van der Waals surface area contributed by atoms with Crippen LogP contribution in [0.25, 0.3) is 6.08 Å². The molecule has 0 spiro atoms. The fourth-order valence-electron chi connectivity index (χ4n) is 1.17. The molecule has 0 aromatic heterocycles. The van der Waals surface area contributed by atoms with Gasteiger partial charge in [0.15, 0.2) is 0 Å². The standard InChI is InChI=1S/C11H15N3O/c1-3-9-4-6-10(7-5-9)8-14(12)11(15)13-2/h3-7H,1,8,12H2,2H3,(H,13,15). The van der Waals surface area contributed by atoms with Gasteiger partial charge in [-0.25, -0.2) is 10.6 Å². The van der Waals surface area contributed by atoms with Crippen molar-refractivity contribution < 1.29 is 4.79 Å². The first-order chi connectivity index (χ1) is 7.17. The molecule has 0 radical (unpaired) electrons. The number of nitrogens with zero attached hydrogens (tertiary/aromatic N) is 1. The van der Waals surface area contributed by atoms with Crippen LogP contribution in [-0.2, 0) is 6.54 Å². The fraction of sp³-hybridized carbons (Fsp3) is 0.182. The number of hydrogen-bond acceptors (Lipinski definition) is 2. The summed E-state index contributed by atoms with van der Waals surface area (Å²) in [6.45, 7) is 4.05. The van der Waals surface area contributed by atoms with Crippen molar-refractivity contribution in [2.45, 2.75) is 6.54 Å². The third kappa shape index (κ3) is 3.11. The molecule has 80 valence electrons. The Morgan fingerprint density at radius 1 is 1.53 bits per heavy atom. The van der Waals surface area contributed by atoms with Gasteiger partial charge in [-0.1, -0.05) is 36.9 Å². The minimum absolute atomic E-state index is 0.303. The molecule has 2 amide bonds. The monoisotopic (exact) mass is 205 g/mol. The lowest BCUT2D eigenvalue weighted by atomic mass is 10.1. The van der Waals surface area contributed by atoms with E-state index in [9.17, 15) is 4.79 Å². The van der Waals surface area contributed by atoms with E-state index in [0.29, 0.717) is 6.54 Å². The normalized spacial score (nSPS) is 9.47. The Balaban J connectivity index is 2.64. The number of nitrogens with two attached hydrogens (primary N) is 1. The highest BCUT2D eigenvalue weighted by atomic mass is 16.2. The molecule has 0 aliphatic rings. The molecule has 1 rings (SSSR count). The zero-order valence-corrected chi connectivity index (χ0v) is 8.73. The Hall–Kier alpha value is -1.81. The molecule has 4 heteroatoms. The SMILES string of the molecule is C=Cc1ccc(CN(N)C(=O)NC)cc1. The van der Waals surface area contributed by atoms with E-state index >= 15 is 0 Å². The topological polar surface area (TPSA) is 58.4 Å². The number of rotatable bonds is 3. The number of carbonyl (C=O) groups excluding carboxylic acids is 1. The Kier molecular flexibility index (Phi) is 3.88. The smallest absolute Gasteiger partial charge is 0.331 e. The van der Waals surface area contributed by atoms with Crippen LogP contribution in [0.4, 0.5) is 4.79 Å². The van der Waals surface area contributed by atoms with Crippen LogP contribution in [-0.4, -0.2) is 18.1 Å². The Morgan fingerprint density at radius 3 is 2.60 bits per heavy atom. The summed E-state index contributed by atoms with van der Waals surface area (Å²) in [6, 6.07) is 7.39. The maximum absolute atomic E-state index is 11.1. The molecular weight excluding hydrogens is 190 g/mol. The quantitative estimate of drug-likeness (QED) is 0.444. The number of amides is 2. The molecule has 1 aromatic rings. The van der Waals surface area contributed by atoms with E-state index < -0.39 is 0 Å². The van der Waals surface area contributed by atoms with E-state index in [1.807, 2.05) is 24.3 Å². The van der Waals surface area contributed by atoms with Crippen molar-refractivity contribution >= 4 is 12.1 Å². The second-order valence-corrected chi connectivity index (χ2v) is 3.13. The highest BCUT2D eigenvalue weighted by Crippen LogP contribution is 2.06. The highest BCUT2D eigenvalue weighted by Gasteiger charge is 2.06. The van der Waals surface area contributed by atoms with Crippen molar-refractivity contribution in [1.82, 2.24) is 10.3 Å². The summed E-state index contributed by atoms with van der Waals surface area (Å²) in [6.07, 6.45) is 1.77. The minimum Gasteiger partial charge on any atom is -0.340 e. The van der Waals surface area contributed by atoms with Crippen molar-refractivity contribution in [3.8, 4) is 0 Å². The fourth-order valence-corrected chi connectivity index (χ4v) is 1.17. The third-order valence-electron chi connectivity index (χ3n) is 2.04. The highest BCUT2D eigenvalue weighted by molar-refractivity contribution is 5.73. The molecule has 0 saturated carbocycles. The van der Waals surface area contributed by atoms with Gasteiger partial charge >= 0.3 is 6.03 Å². The first kappa shape index (κ1) is 11.3. The van der Waals surface area contributed by atoms with Crippen LogP contribution in [0.15, 0.2) is 30.8 Å². The Labute approximate surface area is 89.3 Å². The first-order valence-corrected chi connectivity index (χ1v) is 4.62. The molecule has 0 aliphatic carbocycles. The van der Waals surface area contributed by atoms with Gasteiger partial charge < -0.3 is 5.32 Å². The van der Waals surface area contributed by atoms with Crippen LogP contribution in [0.5, 0.6) is 0 Å². The summed E-state index contributed by atoms with van der Waals surface area (Å²) in [5.41, 5.74) is 2.02. The van der Waals surface area contributed by atoms with E-state index in [2.05, 4.69) is 11.9 Å². The number of nitrogens with one attached hydrogen (secondary N) is 1. The van der Waals surface area contributed by atoms with Crippen LogP contribution < -0.4 is 11.2 Å². The van der Waals surface area contributed by atoms with E-state index in [4.69, 9.17) is 5.84 Å². The first-order valence-electron chi connectivity index (χ1n) is 4.62. The summed E-state index contributed by atoms with van der Waals surface area (Å²) in [5.74, 6) is 5.53. The molecule has 15 heavy (non-hydrogen) atoms. The van der Waals surface area contributed by atoms with Crippen LogP contribution >= 0.6 is 0 Å². The largest absolute Gasteiger partial charge is 0.340 e. The van der Waals surface area contributed by atoms with Crippen molar-refractivity contribution in [3.63, 3.8) is 0 Å². The van der Waals surface area contributed by atoms with Crippen molar-refractivity contribution in [1.29, 1.82) is 0 Å². The molecule has 0 unspecified atom stereocenters. The summed E-state index contributed by atoms with van der Waals surface area (Å²) in [5, 5.41) is 3.58. The maximum Gasteiger partial charge on any atom is 0.331 e. The number of urea groups is 1. The van der Waals surface area contributed by atoms with Crippen molar-refractivity contribution in [2.24, 2.45) is 5.84 Å². The summed E-state index contributed by atoms with van der Waals surface area (Å²) >= 11 is 0. The predicted molar refractivity (Wildman–Crippen MR) is 60.7 cm³/mol. The molecular formula is C11H15N3O. The van der Waals surface area contributed by atoms with Crippen molar-refractivity contribution in [3.05, 3.63) is 42.0 Å². The summed E-state index contributed by atoms with van der Waals surface area (Å²) < 4.78 is 0. The molecule has 3 N–H and O–H groups in total. The number of hydrazine groups is 1. The number of hydrogen-bond donors (Lipinski definition) is 2. The lowest BCUT2D eigenvalue weighted by Crippen LogP contribution is -2.42. The minimum atomic E-state index is -0.303. The van der Waals surface area contributed by atoms with Gasteiger partial charge in [0.2, 0.25) is 0 Å². The molecule has 0 fully saturated rings. The summed E-state index contributed by atoms with van der Waals surface area (Å²) in [4.78, 5) is 11.1. The van der Waals surface area contributed by atoms with Gasteiger partial charge in [0.25, 0.3) is 0 Å². The molecule has 0 heterocycles. The number of carbonyl (C=O) groups is 1. The van der Waals surface area contributed by atoms with E-state index in [-0.39, 0.29) is 6.03 Å². The Bertz CT molecular complexity index is 345. The van der Waals surface area contributed by atoms with Gasteiger partial charge in [0.05, 0.1) is 6.54 Å². The lowest BCUT2D eigenvalue weighted by Gasteiger charge is -2.15. The maximum atomic E-state index is 11.1. The zero-order chi connectivity index (χ0) is 11.3. The van der Waals surface area contributed by atoms with Gasteiger partial charge in [-0.05, 0) is 11.1 Å². The zero-order valence-electron chi connectivity index (χ0n) is 8.73. The van der Waals surface area contributed by atoms with Crippen LogP contribution in [0.2, 0.25) is 0 Å². The van der Waals surface area contributed by atoms with Crippen LogP contribution in [0.3, 0.4) is 0 Å².